The number of hydrogen-bond acceptors (Lipinski definition) is 3. The van der Waals surface area contributed by atoms with Crippen molar-refractivity contribution in [3.63, 3.8) is 0 Å². The first-order valence-corrected chi connectivity index (χ1v) is 10.5. The minimum atomic E-state index is 0. The van der Waals surface area contributed by atoms with Gasteiger partial charge in [-0.15, -0.1) is 24.0 Å². The van der Waals surface area contributed by atoms with E-state index in [4.69, 9.17) is 14.5 Å². The Hall–Kier alpha value is -0.0800. The van der Waals surface area contributed by atoms with Crippen molar-refractivity contribution >= 4 is 29.9 Å². The molecule has 1 N–H and O–H groups in total. The molecule has 1 atom stereocenters. The van der Waals surface area contributed by atoms with Crippen LogP contribution in [0.1, 0.15) is 58.3 Å². The molecule has 0 amide bonds. The van der Waals surface area contributed by atoms with Gasteiger partial charge in [0.05, 0.1) is 13.2 Å². The van der Waals surface area contributed by atoms with Crippen LogP contribution in [0, 0.1) is 11.3 Å². The summed E-state index contributed by atoms with van der Waals surface area (Å²) in [5.74, 6) is 1.73. The molecule has 1 unspecified atom stereocenters. The van der Waals surface area contributed by atoms with Crippen molar-refractivity contribution < 1.29 is 9.47 Å². The van der Waals surface area contributed by atoms with Crippen molar-refractivity contribution in [3.05, 3.63) is 0 Å². The van der Waals surface area contributed by atoms with Crippen LogP contribution in [-0.4, -0.2) is 63.5 Å². The predicted octanol–water partition coefficient (Wildman–Crippen LogP) is 3.67. The standard InChI is InChI=1S/C20H37N3O2.HI/c1-2-21-19(22-11-6-13-24-15-18-7-14-25-16-18)23-12-10-20(17-23)8-4-3-5-9-20;/h18H,2-17H2,1H3,(H,21,22);1H. The minimum absolute atomic E-state index is 0. The molecule has 3 fully saturated rings. The Kier molecular flexibility index (Phi) is 9.99. The summed E-state index contributed by atoms with van der Waals surface area (Å²) in [6, 6.07) is 0. The van der Waals surface area contributed by atoms with Gasteiger partial charge < -0.3 is 19.7 Å². The summed E-state index contributed by atoms with van der Waals surface area (Å²) in [4.78, 5) is 7.38. The zero-order valence-corrected chi connectivity index (χ0v) is 18.8. The maximum absolute atomic E-state index is 5.79. The molecule has 0 aromatic heterocycles. The van der Waals surface area contributed by atoms with E-state index in [9.17, 15) is 0 Å². The van der Waals surface area contributed by atoms with E-state index in [-0.39, 0.29) is 24.0 Å². The molecule has 2 saturated heterocycles. The highest BCUT2D eigenvalue weighted by atomic mass is 127. The molecule has 2 aliphatic heterocycles. The summed E-state index contributed by atoms with van der Waals surface area (Å²) >= 11 is 0. The van der Waals surface area contributed by atoms with E-state index in [0.717, 1.165) is 58.3 Å². The van der Waals surface area contributed by atoms with Crippen molar-refractivity contribution in [1.82, 2.24) is 10.2 Å². The predicted molar refractivity (Wildman–Crippen MR) is 117 cm³/mol. The Morgan fingerprint density at radius 1 is 1.27 bits per heavy atom. The second-order valence-electron chi connectivity index (χ2n) is 8.13. The maximum atomic E-state index is 5.79. The van der Waals surface area contributed by atoms with Gasteiger partial charge in [-0.2, -0.15) is 0 Å². The molecule has 26 heavy (non-hydrogen) atoms. The van der Waals surface area contributed by atoms with E-state index >= 15 is 0 Å². The summed E-state index contributed by atoms with van der Waals surface area (Å²) in [7, 11) is 0. The number of nitrogens with one attached hydrogen (secondary N) is 1. The molecular formula is C20H38IN3O2. The number of ether oxygens (including phenoxy) is 2. The van der Waals surface area contributed by atoms with E-state index in [0.29, 0.717) is 11.3 Å². The SMILES string of the molecule is CCNC(=NCCCOCC1CCOC1)N1CCC2(CCCCC2)C1.I. The Bertz CT molecular complexity index is 421. The van der Waals surface area contributed by atoms with Crippen LogP contribution in [0.15, 0.2) is 4.99 Å². The normalized spacial score (nSPS) is 25.5. The molecule has 0 radical (unpaired) electrons. The smallest absolute Gasteiger partial charge is 0.193 e. The molecule has 1 aliphatic carbocycles. The van der Waals surface area contributed by atoms with Crippen molar-refractivity contribution in [2.24, 2.45) is 16.3 Å². The van der Waals surface area contributed by atoms with E-state index in [1.165, 1.54) is 51.6 Å². The lowest BCUT2D eigenvalue weighted by atomic mass is 9.73. The number of likely N-dealkylation sites (tertiary alicyclic amines) is 1. The maximum Gasteiger partial charge on any atom is 0.193 e. The average Bonchev–Trinajstić information content (AvgIpc) is 3.28. The number of nitrogens with zero attached hydrogens (tertiary/aromatic N) is 2. The summed E-state index contributed by atoms with van der Waals surface area (Å²) in [5.41, 5.74) is 0.584. The fourth-order valence-electron chi connectivity index (χ4n) is 4.57. The van der Waals surface area contributed by atoms with Crippen LogP contribution >= 0.6 is 24.0 Å². The van der Waals surface area contributed by atoms with Gasteiger partial charge in [-0.05, 0) is 44.4 Å². The first-order valence-electron chi connectivity index (χ1n) is 10.5. The van der Waals surface area contributed by atoms with Gasteiger partial charge >= 0.3 is 0 Å². The molecule has 2 heterocycles. The lowest BCUT2D eigenvalue weighted by molar-refractivity contribution is 0.0893. The number of hydrogen-bond donors (Lipinski definition) is 1. The van der Waals surface area contributed by atoms with E-state index in [2.05, 4.69) is 17.1 Å². The van der Waals surface area contributed by atoms with Crippen LogP contribution in [0.4, 0.5) is 0 Å². The van der Waals surface area contributed by atoms with Crippen molar-refractivity contribution in [3.8, 4) is 0 Å². The third-order valence-electron chi connectivity index (χ3n) is 6.07. The van der Waals surface area contributed by atoms with Crippen LogP contribution in [0.25, 0.3) is 0 Å². The third-order valence-corrected chi connectivity index (χ3v) is 6.07. The van der Waals surface area contributed by atoms with Gasteiger partial charge in [-0.1, -0.05) is 19.3 Å². The van der Waals surface area contributed by atoms with Crippen LogP contribution in [0.3, 0.4) is 0 Å². The Morgan fingerprint density at radius 3 is 2.85 bits per heavy atom. The first-order chi connectivity index (χ1) is 12.3. The van der Waals surface area contributed by atoms with E-state index in [1.54, 1.807) is 0 Å². The van der Waals surface area contributed by atoms with Crippen molar-refractivity contribution in [2.45, 2.75) is 58.3 Å². The number of rotatable bonds is 7. The molecule has 1 saturated carbocycles. The van der Waals surface area contributed by atoms with Gasteiger partial charge in [0.25, 0.3) is 0 Å². The molecule has 3 rings (SSSR count). The lowest BCUT2D eigenvalue weighted by Gasteiger charge is -2.33. The number of halogens is 1. The van der Waals surface area contributed by atoms with Crippen LogP contribution < -0.4 is 5.32 Å². The van der Waals surface area contributed by atoms with Crippen LogP contribution in [0.5, 0.6) is 0 Å². The Balaban J connectivity index is 0.00000243. The molecule has 0 aromatic rings. The van der Waals surface area contributed by atoms with Crippen molar-refractivity contribution in [1.29, 1.82) is 0 Å². The lowest BCUT2D eigenvalue weighted by Crippen LogP contribution is -2.41. The van der Waals surface area contributed by atoms with Gasteiger partial charge in [0, 0.05) is 45.3 Å². The van der Waals surface area contributed by atoms with Crippen molar-refractivity contribution in [2.75, 3.05) is 52.6 Å². The molecule has 5 nitrogen and oxygen atoms in total. The molecule has 3 aliphatic rings. The number of aliphatic imine (C=N–C) groups is 1. The summed E-state index contributed by atoms with van der Waals surface area (Å²) in [6.07, 6.45) is 10.6. The molecule has 6 heteroatoms. The highest BCUT2D eigenvalue weighted by molar-refractivity contribution is 14.0. The third kappa shape index (κ3) is 6.51. The summed E-state index contributed by atoms with van der Waals surface area (Å²) in [5, 5.41) is 3.50. The second-order valence-corrected chi connectivity index (χ2v) is 8.13. The molecule has 152 valence electrons. The Labute approximate surface area is 176 Å². The molecule has 0 aromatic carbocycles. The minimum Gasteiger partial charge on any atom is -0.381 e. The second kappa shape index (κ2) is 11.7. The number of guanidine groups is 1. The monoisotopic (exact) mass is 479 g/mol. The van der Waals surface area contributed by atoms with E-state index < -0.39 is 0 Å². The van der Waals surface area contributed by atoms with Crippen LogP contribution in [-0.2, 0) is 9.47 Å². The topological polar surface area (TPSA) is 46.1 Å². The summed E-state index contributed by atoms with van der Waals surface area (Å²) < 4.78 is 11.2. The largest absolute Gasteiger partial charge is 0.381 e. The molecule has 1 spiro atoms. The fourth-order valence-corrected chi connectivity index (χ4v) is 4.57. The molecule has 0 bridgehead atoms. The zero-order valence-electron chi connectivity index (χ0n) is 16.5. The average molecular weight is 479 g/mol. The highest BCUT2D eigenvalue weighted by Crippen LogP contribution is 2.43. The van der Waals surface area contributed by atoms with Gasteiger partial charge in [-0.25, -0.2) is 0 Å². The quantitative estimate of drug-likeness (QED) is 0.262. The van der Waals surface area contributed by atoms with Gasteiger partial charge in [0.2, 0.25) is 0 Å². The Morgan fingerprint density at radius 2 is 2.12 bits per heavy atom. The summed E-state index contributed by atoms with van der Waals surface area (Å²) in [6.45, 7) is 9.77. The highest BCUT2D eigenvalue weighted by Gasteiger charge is 2.39. The van der Waals surface area contributed by atoms with Gasteiger partial charge in [-0.3, -0.25) is 4.99 Å². The van der Waals surface area contributed by atoms with E-state index in [1.807, 2.05) is 0 Å². The van der Waals surface area contributed by atoms with Gasteiger partial charge in [0.1, 0.15) is 0 Å². The van der Waals surface area contributed by atoms with Gasteiger partial charge in [0.15, 0.2) is 5.96 Å². The van der Waals surface area contributed by atoms with Crippen LogP contribution in [0.2, 0.25) is 0 Å². The zero-order chi connectivity index (χ0) is 17.4. The molecular weight excluding hydrogens is 441 g/mol. The fraction of sp³-hybridized carbons (Fsp3) is 0.950. The first kappa shape index (κ1) is 22.2.